The van der Waals surface area contributed by atoms with Crippen molar-refractivity contribution in [2.75, 3.05) is 15.8 Å². The van der Waals surface area contributed by atoms with Gasteiger partial charge in [-0.05, 0) is 49.4 Å². The standard InChI is InChI=1S/C27H23N7O3S2/c1-19-16-17-28-26(29-19)33-39(36,37)23-14-12-21(13-15-23)30-24(35)18-38-27-32-31-25(20-8-4-2-5-9-20)34(27)22-10-6-3-7-11-22/h2-17H,18H2,1H3,(H,30,35)(H,28,29,33). The van der Waals surface area contributed by atoms with E-state index in [0.717, 1.165) is 11.3 Å². The number of hydrogen-bond acceptors (Lipinski definition) is 8. The highest BCUT2D eigenvalue weighted by Gasteiger charge is 2.18. The van der Waals surface area contributed by atoms with Gasteiger partial charge in [-0.25, -0.2) is 23.1 Å². The molecule has 5 rings (SSSR count). The molecular weight excluding hydrogens is 534 g/mol. The number of thioether (sulfide) groups is 1. The van der Waals surface area contributed by atoms with Crippen molar-refractivity contribution in [1.82, 2.24) is 24.7 Å². The number of sulfonamides is 1. The van der Waals surface area contributed by atoms with Crippen LogP contribution < -0.4 is 10.0 Å². The number of hydrogen-bond donors (Lipinski definition) is 2. The van der Waals surface area contributed by atoms with Gasteiger partial charge in [-0.1, -0.05) is 60.3 Å². The molecule has 0 bridgehead atoms. The van der Waals surface area contributed by atoms with Crippen molar-refractivity contribution < 1.29 is 13.2 Å². The molecule has 2 N–H and O–H groups in total. The van der Waals surface area contributed by atoms with E-state index in [4.69, 9.17) is 0 Å². The van der Waals surface area contributed by atoms with Crippen molar-refractivity contribution in [2.24, 2.45) is 0 Å². The molecule has 0 saturated carbocycles. The van der Waals surface area contributed by atoms with Gasteiger partial charge in [0.25, 0.3) is 10.0 Å². The summed E-state index contributed by atoms with van der Waals surface area (Å²) in [6.45, 7) is 1.74. The smallest absolute Gasteiger partial charge is 0.264 e. The maximum Gasteiger partial charge on any atom is 0.264 e. The van der Waals surface area contributed by atoms with Crippen LogP contribution in [0.5, 0.6) is 0 Å². The molecule has 10 nitrogen and oxygen atoms in total. The molecule has 0 spiro atoms. The molecule has 2 heterocycles. The summed E-state index contributed by atoms with van der Waals surface area (Å²) in [4.78, 5) is 20.7. The molecule has 0 radical (unpaired) electrons. The highest BCUT2D eigenvalue weighted by molar-refractivity contribution is 7.99. The lowest BCUT2D eigenvalue weighted by Gasteiger charge is -2.11. The third kappa shape index (κ3) is 6.30. The second-order valence-electron chi connectivity index (χ2n) is 8.33. The lowest BCUT2D eigenvalue weighted by molar-refractivity contribution is -0.113. The first kappa shape index (κ1) is 26.1. The molecule has 0 aliphatic heterocycles. The van der Waals surface area contributed by atoms with Gasteiger partial charge in [0.1, 0.15) is 0 Å². The highest BCUT2D eigenvalue weighted by Crippen LogP contribution is 2.28. The lowest BCUT2D eigenvalue weighted by atomic mass is 10.2. The number of aryl methyl sites for hydroxylation is 1. The van der Waals surface area contributed by atoms with E-state index < -0.39 is 10.0 Å². The number of anilines is 2. The molecule has 1 amide bonds. The Morgan fingerprint density at radius 1 is 0.897 bits per heavy atom. The third-order valence-corrected chi connectivity index (χ3v) is 7.75. The molecule has 2 aromatic heterocycles. The Balaban J connectivity index is 1.26. The summed E-state index contributed by atoms with van der Waals surface area (Å²) < 4.78 is 29.6. The molecule has 0 saturated heterocycles. The van der Waals surface area contributed by atoms with Crippen LogP contribution >= 0.6 is 11.8 Å². The van der Waals surface area contributed by atoms with E-state index in [1.54, 1.807) is 13.0 Å². The highest BCUT2D eigenvalue weighted by atomic mass is 32.2. The summed E-state index contributed by atoms with van der Waals surface area (Å²) in [7, 11) is -3.88. The SMILES string of the molecule is Cc1ccnc(NS(=O)(=O)c2ccc(NC(=O)CSc3nnc(-c4ccccc4)n3-c3ccccc3)cc2)n1. The summed E-state index contributed by atoms with van der Waals surface area (Å²) in [6.07, 6.45) is 1.47. The molecule has 12 heteroatoms. The first-order valence-electron chi connectivity index (χ1n) is 11.8. The summed E-state index contributed by atoms with van der Waals surface area (Å²) in [6, 6.07) is 26.9. The zero-order valence-corrected chi connectivity index (χ0v) is 22.4. The molecule has 0 atom stereocenters. The molecule has 5 aromatic rings. The van der Waals surface area contributed by atoms with E-state index in [1.165, 1.54) is 42.2 Å². The zero-order chi connectivity index (χ0) is 27.2. The van der Waals surface area contributed by atoms with Crippen molar-refractivity contribution in [2.45, 2.75) is 17.0 Å². The second-order valence-corrected chi connectivity index (χ2v) is 11.0. The fraction of sp³-hybridized carbons (Fsp3) is 0.0741. The fourth-order valence-electron chi connectivity index (χ4n) is 3.67. The average molecular weight is 558 g/mol. The Bertz CT molecular complexity index is 1690. The minimum absolute atomic E-state index is 0.0109. The number of nitrogens with zero attached hydrogens (tertiary/aromatic N) is 5. The zero-order valence-electron chi connectivity index (χ0n) is 20.7. The fourth-order valence-corrected chi connectivity index (χ4v) is 5.37. The predicted molar refractivity (Wildman–Crippen MR) is 150 cm³/mol. The quantitative estimate of drug-likeness (QED) is 0.252. The summed E-state index contributed by atoms with van der Waals surface area (Å²) >= 11 is 1.25. The van der Waals surface area contributed by atoms with Crippen LogP contribution in [0, 0.1) is 6.92 Å². The minimum Gasteiger partial charge on any atom is -0.325 e. The van der Waals surface area contributed by atoms with Crippen molar-refractivity contribution in [3.63, 3.8) is 0 Å². The van der Waals surface area contributed by atoms with Crippen LogP contribution in [0.1, 0.15) is 5.69 Å². The Hall–Kier alpha value is -4.55. The first-order chi connectivity index (χ1) is 18.9. The van der Waals surface area contributed by atoms with E-state index in [2.05, 4.69) is 30.2 Å². The van der Waals surface area contributed by atoms with E-state index in [1.807, 2.05) is 65.2 Å². The van der Waals surface area contributed by atoms with Gasteiger partial charge in [0.15, 0.2) is 11.0 Å². The Morgan fingerprint density at radius 3 is 2.28 bits per heavy atom. The van der Waals surface area contributed by atoms with E-state index in [0.29, 0.717) is 22.4 Å². The van der Waals surface area contributed by atoms with Gasteiger partial charge in [0.05, 0.1) is 10.6 Å². The van der Waals surface area contributed by atoms with E-state index in [9.17, 15) is 13.2 Å². The maximum atomic E-state index is 12.7. The second kappa shape index (κ2) is 11.5. The van der Waals surface area contributed by atoms with Crippen molar-refractivity contribution in [3.8, 4) is 17.1 Å². The van der Waals surface area contributed by atoms with Crippen LogP contribution in [-0.2, 0) is 14.8 Å². The van der Waals surface area contributed by atoms with E-state index >= 15 is 0 Å². The molecule has 0 unspecified atom stereocenters. The number of para-hydroxylation sites is 1. The maximum absolute atomic E-state index is 12.7. The van der Waals surface area contributed by atoms with Crippen molar-refractivity contribution >= 4 is 39.3 Å². The molecule has 0 aliphatic carbocycles. The van der Waals surface area contributed by atoms with Gasteiger partial charge in [0.2, 0.25) is 11.9 Å². The Kier molecular flexibility index (Phi) is 7.66. The Labute approximate surface area is 229 Å². The van der Waals surface area contributed by atoms with Gasteiger partial charge in [0, 0.05) is 28.8 Å². The Morgan fingerprint density at radius 2 is 1.59 bits per heavy atom. The number of carbonyl (C=O) groups excluding carboxylic acids is 1. The third-order valence-electron chi connectivity index (χ3n) is 5.48. The van der Waals surface area contributed by atoms with Crippen LogP contribution in [0.4, 0.5) is 11.6 Å². The summed E-state index contributed by atoms with van der Waals surface area (Å²) in [5.74, 6) is 0.464. The van der Waals surface area contributed by atoms with Gasteiger partial charge < -0.3 is 5.32 Å². The molecule has 0 aliphatic rings. The molecule has 0 fully saturated rings. The lowest BCUT2D eigenvalue weighted by Crippen LogP contribution is -2.16. The number of nitrogens with one attached hydrogen (secondary N) is 2. The monoisotopic (exact) mass is 557 g/mol. The summed E-state index contributed by atoms with van der Waals surface area (Å²) in [5.41, 5.74) is 2.88. The van der Waals surface area contributed by atoms with Gasteiger partial charge >= 0.3 is 0 Å². The molecule has 196 valence electrons. The largest absolute Gasteiger partial charge is 0.325 e. The van der Waals surface area contributed by atoms with E-state index in [-0.39, 0.29) is 22.5 Å². The number of amides is 1. The van der Waals surface area contributed by atoms with Crippen LogP contribution in [0.25, 0.3) is 17.1 Å². The number of carbonyl (C=O) groups is 1. The average Bonchev–Trinajstić information content (AvgIpc) is 3.37. The molecule has 3 aromatic carbocycles. The van der Waals surface area contributed by atoms with Gasteiger partial charge in [-0.15, -0.1) is 10.2 Å². The normalized spacial score (nSPS) is 11.2. The first-order valence-corrected chi connectivity index (χ1v) is 14.3. The van der Waals surface area contributed by atoms with Gasteiger partial charge in [-0.2, -0.15) is 0 Å². The molecule has 39 heavy (non-hydrogen) atoms. The van der Waals surface area contributed by atoms with Crippen LogP contribution in [0.15, 0.2) is 107 Å². The van der Waals surface area contributed by atoms with Crippen molar-refractivity contribution in [3.05, 3.63) is 103 Å². The topological polar surface area (TPSA) is 132 Å². The van der Waals surface area contributed by atoms with Crippen LogP contribution in [0.2, 0.25) is 0 Å². The number of benzene rings is 3. The minimum atomic E-state index is -3.88. The van der Waals surface area contributed by atoms with Crippen LogP contribution in [0.3, 0.4) is 0 Å². The molecular formula is C27H23N7O3S2. The number of aromatic nitrogens is 5. The van der Waals surface area contributed by atoms with Crippen LogP contribution in [-0.4, -0.2) is 44.8 Å². The van der Waals surface area contributed by atoms with Crippen molar-refractivity contribution in [1.29, 1.82) is 0 Å². The predicted octanol–water partition coefficient (Wildman–Crippen LogP) is 4.56. The number of rotatable bonds is 9. The summed E-state index contributed by atoms with van der Waals surface area (Å²) in [5, 5.41) is 12.1. The van der Waals surface area contributed by atoms with Gasteiger partial charge in [-0.3, -0.25) is 9.36 Å².